The van der Waals surface area contributed by atoms with Crippen LogP contribution in [0.2, 0.25) is 0 Å². The minimum atomic E-state index is -0.903. The first-order valence-electron chi connectivity index (χ1n) is 62.8. The van der Waals surface area contributed by atoms with E-state index in [-0.39, 0.29) is 71.8 Å². The van der Waals surface area contributed by atoms with E-state index in [2.05, 4.69) is 48.5 Å². The number of carbonyl (C=O) groups excluding carboxylic acids is 4. The number of carboxylic acid groups (broad SMARTS) is 7. The number of aliphatic carboxylic acids is 7. The van der Waals surface area contributed by atoms with Crippen LogP contribution < -0.4 is 20.4 Å². The van der Waals surface area contributed by atoms with Gasteiger partial charge in [0.1, 0.15) is 0 Å². The Bertz CT molecular complexity index is 1860. The molecule has 0 aromatic carbocycles. The molecule has 0 fully saturated rings. The minimum Gasteiger partial charge on any atom is -0.550 e. The Morgan fingerprint density at radius 2 is 0.169 bits per heavy atom. The van der Waals surface area contributed by atoms with Gasteiger partial charge in [-0.3, -0.25) is 14.4 Å². The molecule has 0 unspecified atom stereocenters. The van der Waals surface area contributed by atoms with E-state index < -0.39 is 41.8 Å². The Labute approximate surface area is 918 Å². The Morgan fingerprint density at radius 1 is 0.113 bits per heavy atom. The van der Waals surface area contributed by atoms with E-state index in [0.29, 0.717) is 19.3 Å². The molecule has 0 aliphatic heterocycles. The van der Waals surface area contributed by atoms with Crippen molar-refractivity contribution in [1.29, 1.82) is 0 Å². The standard InChI is InChI=1S/7C18H36O2.2Mg/c7*1-2-3-4-5-6-7-8-9-10-11-12-13-14-15-16-17-18(19)20;;/h7*2-17H2,1H3,(H,19,20);;/q;;;;;;;2*+2/p-4. The predicted molar refractivity (Wildman–Crippen MR) is 611 cm³/mol. The van der Waals surface area contributed by atoms with E-state index in [4.69, 9.17) is 15.3 Å². The molecule has 0 aliphatic rings. The summed E-state index contributed by atoms with van der Waals surface area (Å²) in [5.74, 6) is -5.57. The number of hydrogen-bond donors (Lipinski definition) is 3. The normalized spacial score (nSPS) is 10.7. The average Bonchev–Trinajstić information content (AvgIpc) is 1.11. The summed E-state index contributed by atoms with van der Waals surface area (Å²) < 4.78 is 0. The van der Waals surface area contributed by atoms with Crippen LogP contribution in [-0.2, 0) is 33.6 Å². The number of carbonyl (C=O) groups is 7. The molecule has 142 heavy (non-hydrogen) atoms. The van der Waals surface area contributed by atoms with E-state index in [1.165, 1.54) is 584 Å². The Hall–Kier alpha value is -2.18. The van der Waals surface area contributed by atoms with Crippen LogP contribution in [0.5, 0.6) is 0 Å². The van der Waals surface area contributed by atoms with Crippen molar-refractivity contribution in [3.8, 4) is 0 Å². The number of unbranched alkanes of at least 4 members (excludes halogenated alkanes) is 98. The third kappa shape index (κ3) is 189. The molecule has 0 heterocycles. The Kier molecular flexibility index (Phi) is 171. The quantitative estimate of drug-likeness (QED) is 0.0377. The predicted octanol–water partition coefficient (Wildman–Crippen LogP) is 38.2. The summed E-state index contributed by atoms with van der Waals surface area (Å²) in [7, 11) is 0. The van der Waals surface area contributed by atoms with Crippen LogP contribution in [0.1, 0.15) is 768 Å². The van der Waals surface area contributed by atoms with Gasteiger partial charge in [0.15, 0.2) is 0 Å². The van der Waals surface area contributed by atoms with Crippen molar-refractivity contribution in [3.05, 3.63) is 0 Å². The second-order valence-electron chi connectivity index (χ2n) is 42.6. The van der Waals surface area contributed by atoms with Gasteiger partial charge in [-0.05, 0) is 70.6 Å². The molecule has 0 saturated carbocycles. The number of carboxylic acids is 7. The molecule has 0 aliphatic carbocycles. The Balaban J connectivity index is -0.000000207. The van der Waals surface area contributed by atoms with Crippen LogP contribution in [-0.4, -0.2) is 103 Å². The average molecular weight is 2040 g/mol. The molecule has 0 amide bonds. The first kappa shape index (κ1) is 157. The molecule has 0 rings (SSSR count). The van der Waals surface area contributed by atoms with Crippen LogP contribution in [0.4, 0.5) is 0 Å². The molecule has 0 spiro atoms. The fraction of sp³-hybridized carbons (Fsp3) is 0.944. The molecule has 14 nitrogen and oxygen atoms in total. The zero-order valence-corrected chi connectivity index (χ0v) is 99.8. The van der Waals surface area contributed by atoms with Gasteiger partial charge in [0, 0.05) is 43.1 Å². The topological polar surface area (TPSA) is 272 Å². The van der Waals surface area contributed by atoms with Crippen LogP contribution in [0.25, 0.3) is 0 Å². The summed E-state index contributed by atoms with van der Waals surface area (Å²) in [5, 5.41) is 66.4. The maximum atomic E-state index is 10.3. The smallest absolute Gasteiger partial charge is 0.550 e. The zero-order chi connectivity index (χ0) is 104. The SMILES string of the molecule is CCCCCCCCCCCCCCCCCC(=O)O.CCCCCCCCCCCCCCCCCC(=O)O.CCCCCCCCCCCCCCCCCC(=O)O.CCCCCCCCCCCCCCCCCC(=O)[O-].CCCCCCCCCCCCCCCCCC(=O)[O-].CCCCCCCCCCCCCCCCCC(=O)[O-].CCCCCCCCCCCCCCCCCC(=O)[O-].[Mg+2].[Mg+2]. The van der Waals surface area contributed by atoms with Crippen molar-refractivity contribution in [2.75, 3.05) is 0 Å². The third-order valence-electron chi connectivity index (χ3n) is 27.9. The van der Waals surface area contributed by atoms with E-state index in [1.807, 2.05) is 0 Å². The van der Waals surface area contributed by atoms with Gasteiger partial charge in [0.25, 0.3) is 0 Å². The maximum Gasteiger partial charge on any atom is 2.00 e. The van der Waals surface area contributed by atoms with E-state index >= 15 is 0 Å². The van der Waals surface area contributed by atoms with Gasteiger partial charge in [-0.15, -0.1) is 0 Å². The summed E-state index contributed by atoms with van der Waals surface area (Å²) in [6, 6.07) is 0. The third-order valence-corrected chi connectivity index (χ3v) is 27.9. The van der Waals surface area contributed by atoms with Crippen LogP contribution in [0, 0.1) is 0 Å². The number of hydrogen-bond acceptors (Lipinski definition) is 11. The van der Waals surface area contributed by atoms with Gasteiger partial charge in [0.05, 0.1) is 0 Å². The summed E-state index contributed by atoms with van der Waals surface area (Å²) >= 11 is 0. The first-order valence-corrected chi connectivity index (χ1v) is 62.8. The van der Waals surface area contributed by atoms with Gasteiger partial charge in [-0.2, -0.15) is 0 Å². The zero-order valence-electron chi connectivity index (χ0n) is 96.9. The molecule has 16 heteroatoms. The Morgan fingerprint density at radius 3 is 0.225 bits per heavy atom. The monoisotopic (exact) mass is 2030 g/mol. The second kappa shape index (κ2) is 154. The molecule has 0 atom stereocenters. The van der Waals surface area contributed by atoms with E-state index in [9.17, 15) is 54.0 Å². The van der Waals surface area contributed by atoms with Gasteiger partial charge >= 0.3 is 64.0 Å². The van der Waals surface area contributed by atoms with Crippen molar-refractivity contribution in [2.24, 2.45) is 0 Å². The molecule has 0 aromatic heterocycles. The molecular weight excluding hydrogens is 1790 g/mol. The van der Waals surface area contributed by atoms with Gasteiger partial charge in [-0.25, -0.2) is 0 Å². The van der Waals surface area contributed by atoms with Crippen LogP contribution >= 0.6 is 0 Å². The van der Waals surface area contributed by atoms with Gasteiger partial charge < -0.3 is 54.9 Å². The van der Waals surface area contributed by atoms with Crippen LogP contribution in [0.15, 0.2) is 0 Å². The molecule has 0 bridgehead atoms. The molecule has 0 radical (unpaired) electrons. The minimum absolute atomic E-state index is 0. The molecule has 0 aromatic rings. The number of rotatable bonds is 112. The molecule has 0 saturated heterocycles. The summed E-state index contributed by atoms with van der Waals surface area (Å²) in [6.07, 6.45) is 140. The second-order valence-corrected chi connectivity index (χ2v) is 42.6. The summed E-state index contributed by atoms with van der Waals surface area (Å²) in [6.45, 7) is 15.9. The molecule has 840 valence electrons. The van der Waals surface area contributed by atoms with Crippen molar-refractivity contribution >= 4 is 87.9 Å². The van der Waals surface area contributed by atoms with Crippen molar-refractivity contribution in [3.63, 3.8) is 0 Å². The van der Waals surface area contributed by atoms with Crippen LogP contribution in [0.3, 0.4) is 0 Å². The van der Waals surface area contributed by atoms with Crippen molar-refractivity contribution in [1.82, 2.24) is 0 Å². The van der Waals surface area contributed by atoms with Crippen molar-refractivity contribution < 1.29 is 69.3 Å². The summed E-state index contributed by atoms with van der Waals surface area (Å²) in [5.41, 5.74) is 0. The van der Waals surface area contributed by atoms with E-state index in [1.54, 1.807) is 0 Å². The first-order chi connectivity index (χ1) is 68.4. The van der Waals surface area contributed by atoms with Crippen molar-refractivity contribution in [2.45, 2.75) is 768 Å². The van der Waals surface area contributed by atoms with Gasteiger partial charge in [0.2, 0.25) is 0 Å². The largest absolute Gasteiger partial charge is 2.00 e. The molecular formula is C126H248Mg2O14. The van der Waals surface area contributed by atoms with E-state index in [0.717, 1.165) is 89.9 Å². The maximum absolute atomic E-state index is 10.3. The fourth-order valence-electron chi connectivity index (χ4n) is 18.5. The molecule has 3 N–H and O–H groups in total. The summed E-state index contributed by atoms with van der Waals surface area (Å²) in [4.78, 5) is 71.9. The fourth-order valence-corrected chi connectivity index (χ4v) is 18.5. The van der Waals surface area contributed by atoms with Gasteiger partial charge in [-0.1, -0.05) is 678 Å².